The highest BCUT2D eigenvalue weighted by molar-refractivity contribution is 5.92. The second kappa shape index (κ2) is 5.97. The van der Waals surface area contributed by atoms with Gasteiger partial charge >= 0.3 is 0 Å². The normalized spacial score (nSPS) is 28.0. The Kier molecular flexibility index (Phi) is 4.63. The van der Waals surface area contributed by atoms with Gasteiger partial charge in [-0.1, -0.05) is 20.8 Å². The summed E-state index contributed by atoms with van der Waals surface area (Å²) in [6, 6.07) is 3.33. The lowest BCUT2D eigenvalue weighted by atomic mass is 9.92. The molecule has 3 heterocycles. The zero-order valence-electron chi connectivity index (χ0n) is 12.9. The molecule has 6 heteroatoms. The molecule has 118 valence electrons. The molecule has 0 radical (unpaired) electrons. The first-order valence-corrected chi connectivity index (χ1v) is 7.54. The van der Waals surface area contributed by atoms with Crippen molar-refractivity contribution < 1.29 is 4.79 Å². The first-order chi connectivity index (χ1) is 9.41. The summed E-state index contributed by atoms with van der Waals surface area (Å²) in [4.78, 5) is 12.3. The Balaban J connectivity index is 0.00000161. The standard InChI is InChI=1S/C15H24N4O.ClH/c1-15(2,3)13-8-12(18-19-13)14(20)17-11-6-9-4-5-10(7-11)16-9;/h8-11,16H,4-7H2,1-3H3,(H,17,20)(H,18,19);1H. The molecule has 5 nitrogen and oxygen atoms in total. The Morgan fingerprint density at radius 1 is 1.29 bits per heavy atom. The third-order valence-corrected chi connectivity index (χ3v) is 4.43. The maximum atomic E-state index is 12.3. The SMILES string of the molecule is CC(C)(C)c1cc(C(=O)NC2CC3CCC(C2)N3)n[nH]1.Cl. The van der Waals surface area contributed by atoms with Crippen LogP contribution >= 0.6 is 12.4 Å². The molecule has 3 rings (SSSR count). The van der Waals surface area contributed by atoms with Gasteiger partial charge in [-0.05, 0) is 31.7 Å². The van der Waals surface area contributed by atoms with Crippen molar-refractivity contribution in [2.75, 3.05) is 0 Å². The lowest BCUT2D eigenvalue weighted by Crippen LogP contribution is -2.48. The van der Waals surface area contributed by atoms with Crippen LogP contribution in [0.2, 0.25) is 0 Å². The van der Waals surface area contributed by atoms with Gasteiger partial charge in [0.1, 0.15) is 5.69 Å². The van der Waals surface area contributed by atoms with E-state index in [0.29, 0.717) is 17.8 Å². The van der Waals surface area contributed by atoms with E-state index in [0.717, 1.165) is 18.5 Å². The summed E-state index contributed by atoms with van der Waals surface area (Å²) in [5.41, 5.74) is 1.48. The minimum absolute atomic E-state index is 0. The minimum Gasteiger partial charge on any atom is -0.348 e. The molecule has 0 saturated carbocycles. The number of hydrogen-bond acceptors (Lipinski definition) is 3. The molecule has 0 spiro atoms. The maximum Gasteiger partial charge on any atom is 0.271 e. The lowest BCUT2D eigenvalue weighted by Gasteiger charge is -2.29. The van der Waals surface area contributed by atoms with Gasteiger partial charge in [0, 0.05) is 29.2 Å². The van der Waals surface area contributed by atoms with Crippen LogP contribution in [0.3, 0.4) is 0 Å². The van der Waals surface area contributed by atoms with E-state index in [2.05, 4.69) is 41.6 Å². The molecule has 0 aliphatic carbocycles. The Bertz CT molecular complexity index is 496. The van der Waals surface area contributed by atoms with Gasteiger partial charge in [0.15, 0.2) is 0 Å². The number of halogens is 1. The highest BCUT2D eigenvalue weighted by atomic mass is 35.5. The average Bonchev–Trinajstić information content (AvgIpc) is 2.96. The molecule has 2 aliphatic rings. The molecule has 2 saturated heterocycles. The fourth-order valence-electron chi connectivity index (χ4n) is 3.26. The number of carbonyl (C=O) groups is 1. The summed E-state index contributed by atoms with van der Waals surface area (Å²) in [6.07, 6.45) is 4.57. The van der Waals surface area contributed by atoms with Crippen molar-refractivity contribution in [2.24, 2.45) is 0 Å². The molecule has 1 aromatic heterocycles. The van der Waals surface area contributed by atoms with Crippen LogP contribution in [0, 0.1) is 0 Å². The summed E-state index contributed by atoms with van der Waals surface area (Å²) >= 11 is 0. The van der Waals surface area contributed by atoms with Gasteiger partial charge in [-0.25, -0.2) is 0 Å². The van der Waals surface area contributed by atoms with E-state index in [-0.39, 0.29) is 29.8 Å². The zero-order valence-corrected chi connectivity index (χ0v) is 13.7. The van der Waals surface area contributed by atoms with E-state index in [1.165, 1.54) is 12.8 Å². The van der Waals surface area contributed by atoms with E-state index in [9.17, 15) is 4.79 Å². The molecule has 2 fully saturated rings. The van der Waals surface area contributed by atoms with Gasteiger partial charge in [-0.3, -0.25) is 9.89 Å². The molecule has 2 aliphatic heterocycles. The number of fused-ring (bicyclic) bond motifs is 2. The third-order valence-electron chi connectivity index (χ3n) is 4.43. The number of H-pyrrole nitrogens is 1. The van der Waals surface area contributed by atoms with Crippen LogP contribution in [0.15, 0.2) is 6.07 Å². The van der Waals surface area contributed by atoms with E-state index in [1.54, 1.807) is 0 Å². The fraction of sp³-hybridized carbons (Fsp3) is 0.733. The quantitative estimate of drug-likeness (QED) is 0.783. The Labute approximate surface area is 132 Å². The molecule has 1 amide bonds. The van der Waals surface area contributed by atoms with Crippen LogP contribution in [0.1, 0.15) is 62.6 Å². The average molecular weight is 313 g/mol. The summed E-state index contributed by atoms with van der Waals surface area (Å²) in [7, 11) is 0. The van der Waals surface area contributed by atoms with Crippen LogP contribution < -0.4 is 10.6 Å². The van der Waals surface area contributed by atoms with Crippen LogP contribution in [-0.4, -0.2) is 34.2 Å². The molecule has 2 unspecified atom stereocenters. The van der Waals surface area contributed by atoms with Gasteiger partial charge in [-0.15, -0.1) is 12.4 Å². The van der Waals surface area contributed by atoms with Crippen molar-refractivity contribution in [2.45, 2.75) is 70.0 Å². The van der Waals surface area contributed by atoms with Crippen molar-refractivity contribution in [1.82, 2.24) is 20.8 Å². The third kappa shape index (κ3) is 3.58. The number of amides is 1. The first-order valence-electron chi connectivity index (χ1n) is 7.54. The van der Waals surface area contributed by atoms with Crippen molar-refractivity contribution in [1.29, 1.82) is 0 Å². The summed E-state index contributed by atoms with van der Waals surface area (Å²) in [5.74, 6) is -0.0527. The Hall–Kier alpha value is -1.07. The highest BCUT2D eigenvalue weighted by Crippen LogP contribution is 2.27. The predicted molar refractivity (Wildman–Crippen MR) is 85.0 cm³/mol. The number of nitrogens with one attached hydrogen (secondary N) is 3. The lowest BCUT2D eigenvalue weighted by molar-refractivity contribution is 0.0919. The van der Waals surface area contributed by atoms with Crippen molar-refractivity contribution >= 4 is 18.3 Å². The smallest absolute Gasteiger partial charge is 0.271 e. The van der Waals surface area contributed by atoms with Crippen LogP contribution in [0.4, 0.5) is 0 Å². The largest absolute Gasteiger partial charge is 0.348 e. The fourth-order valence-corrected chi connectivity index (χ4v) is 3.26. The minimum atomic E-state index is -0.0527. The molecule has 21 heavy (non-hydrogen) atoms. The summed E-state index contributed by atoms with van der Waals surface area (Å²) < 4.78 is 0. The zero-order chi connectivity index (χ0) is 14.3. The highest BCUT2D eigenvalue weighted by Gasteiger charge is 2.34. The van der Waals surface area contributed by atoms with Crippen LogP contribution in [-0.2, 0) is 5.41 Å². The molecule has 3 N–H and O–H groups in total. The van der Waals surface area contributed by atoms with Gasteiger partial charge in [0.25, 0.3) is 5.91 Å². The molecular formula is C15H25ClN4O. The number of aromatic nitrogens is 2. The van der Waals surface area contributed by atoms with Gasteiger partial charge in [0.2, 0.25) is 0 Å². The monoisotopic (exact) mass is 312 g/mol. The second-order valence-electron chi connectivity index (χ2n) is 7.20. The maximum absolute atomic E-state index is 12.3. The van der Waals surface area contributed by atoms with Gasteiger partial charge < -0.3 is 10.6 Å². The van der Waals surface area contributed by atoms with E-state index in [4.69, 9.17) is 0 Å². The van der Waals surface area contributed by atoms with E-state index < -0.39 is 0 Å². The molecule has 2 bridgehead atoms. The van der Waals surface area contributed by atoms with Gasteiger partial charge in [0.05, 0.1) is 0 Å². The molecule has 2 atom stereocenters. The molecule has 0 aromatic carbocycles. The van der Waals surface area contributed by atoms with E-state index in [1.807, 2.05) is 6.07 Å². The topological polar surface area (TPSA) is 69.8 Å². The first kappa shape index (κ1) is 16.3. The number of nitrogens with zero attached hydrogens (tertiary/aromatic N) is 1. The van der Waals surface area contributed by atoms with Crippen LogP contribution in [0.25, 0.3) is 0 Å². The van der Waals surface area contributed by atoms with Crippen molar-refractivity contribution in [3.63, 3.8) is 0 Å². The van der Waals surface area contributed by atoms with Crippen molar-refractivity contribution in [3.05, 3.63) is 17.5 Å². The number of rotatable bonds is 2. The van der Waals surface area contributed by atoms with Crippen LogP contribution in [0.5, 0.6) is 0 Å². The number of carbonyl (C=O) groups excluding carboxylic acids is 1. The van der Waals surface area contributed by atoms with Crippen molar-refractivity contribution in [3.8, 4) is 0 Å². The van der Waals surface area contributed by atoms with Gasteiger partial charge in [-0.2, -0.15) is 5.10 Å². The summed E-state index contributed by atoms with van der Waals surface area (Å²) in [5, 5.41) is 13.8. The molecular weight excluding hydrogens is 288 g/mol. The second-order valence-corrected chi connectivity index (χ2v) is 7.20. The predicted octanol–water partition coefficient (Wildman–Crippen LogP) is 2.14. The number of hydrogen-bond donors (Lipinski definition) is 3. The number of piperidine rings is 1. The number of aromatic amines is 1. The Morgan fingerprint density at radius 2 is 1.90 bits per heavy atom. The molecule has 1 aromatic rings. The van der Waals surface area contributed by atoms with E-state index >= 15 is 0 Å². The summed E-state index contributed by atoms with van der Waals surface area (Å²) in [6.45, 7) is 6.31. The Morgan fingerprint density at radius 3 is 2.43 bits per heavy atom.